The van der Waals surface area contributed by atoms with Crippen molar-refractivity contribution in [3.05, 3.63) is 40.5 Å². The number of nitrogens with zero attached hydrogens (tertiary/aromatic N) is 4. The molecule has 0 unspecified atom stereocenters. The molecule has 0 aliphatic carbocycles. The van der Waals surface area contributed by atoms with Crippen LogP contribution in [0.2, 0.25) is 0 Å². The van der Waals surface area contributed by atoms with Crippen molar-refractivity contribution < 1.29 is 14.1 Å². The number of aromatic nitrogens is 2. The predicted molar refractivity (Wildman–Crippen MR) is 122 cm³/mol. The molecule has 1 aromatic heterocycles. The summed E-state index contributed by atoms with van der Waals surface area (Å²) in [7, 11) is 0. The van der Waals surface area contributed by atoms with Crippen LogP contribution in [0.15, 0.2) is 16.7 Å². The van der Waals surface area contributed by atoms with Crippen LogP contribution in [-0.2, 0) is 16.1 Å². The van der Waals surface area contributed by atoms with Gasteiger partial charge in [-0.25, -0.2) is 0 Å². The van der Waals surface area contributed by atoms with E-state index in [1.165, 1.54) is 0 Å². The van der Waals surface area contributed by atoms with Crippen LogP contribution in [0.1, 0.15) is 48.2 Å². The zero-order chi connectivity index (χ0) is 23.3. The van der Waals surface area contributed by atoms with Gasteiger partial charge in [-0.05, 0) is 31.9 Å². The van der Waals surface area contributed by atoms with Gasteiger partial charge in [0.2, 0.25) is 17.7 Å². The summed E-state index contributed by atoms with van der Waals surface area (Å²) in [6.07, 6.45) is 0. The van der Waals surface area contributed by atoms with Gasteiger partial charge in [0.1, 0.15) is 0 Å². The van der Waals surface area contributed by atoms with E-state index in [1.54, 1.807) is 0 Å². The van der Waals surface area contributed by atoms with E-state index < -0.39 is 0 Å². The van der Waals surface area contributed by atoms with Crippen molar-refractivity contribution in [2.75, 3.05) is 44.6 Å². The van der Waals surface area contributed by atoms with Crippen molar-refractivity contribution in [3.63, 3.8) is 0 Å². The molecule has 0 radical (unpaired) electrons. The summed E-state index contributed by atoms with van der Waals surface area (Å²) in [5.74, 6) is 1.23. The van der Waals surface area contributed by atoms with E-state index in [0.717, 1.165) is 54.4 Å². The van der Waals surface area contributed by atoms with Crippen molar-refractivity contribution in [2.24, 2.45) is 0 Å². The minimum atomic E-state index is -0.224. The van der Waals surface area contributed by atoms with Gasteiger partial charge in [0.25, 0.3) is 0 Å². The zero-order valence-electron chi connectivity index (χ0n) is 19.7. The second-order valence-electron chi connectivity index (χ2n) is 8.85. The highest BCUT2D eigenvalue weighted by molar-refractivity contribution is 5.96. The van der Waals surface area contributed by atoms with E-state index >= 15 is 0 Å². The van der Waals surface area contributed by atoms with Crippen molar-refractivity contribution >= 4 is 17.5 Å². The molecule has 0 saturated carbocycles. The fraction of sp³-hybridized carbons (Fsp3) is 0.565. The number of rotatable bonds is 8. The summed E-state index contributed by atoms with van der Waals surface area (Å²) in [5.41, 5.74) is 4.00. The van der Waals surface area contributed by atoms with Gasteiger partial charge in [-0.1, -0.05) is 36.7 Å². The quantitative estimate of drug-likeness (QED) is 0.644. The highest BCUT2D eigenvalue weighted by atomic mass is 16.5. The average Bonchev–Trinajstić information content (AvgIpc) is 3.19. The van der Waals surface area contributed by atoms with Gasteiger partial charge in [-0.2, -0.15) is 4.98 Å². The average molecular weight is 443 g/mol. The topological polar surface area (TPSA) is 104 Å². The van der Waals surface area contributed by atoms with Crippen LogP contribution < -0.4 is 10.6 Å². The third-order valence-electron chi connectivity index (χ3n) is 5.58. The number of piperazine rings is 1. The van der Waals surface area contributed by atoms with Gasteiger partial charge >= 0.3 is 0 Å². The molecule has 1 aliphatic rings. The first-order chi connectivity index (χ1) is 15.2. The highest BCUT2D eigenvalue weighted by Gasteiger charge is 2.21. The van der Waals surface area contributed by atoms with Gasteiger partial charge in [0.05, 0.1) is 19.6 Å². The number of amides is 2. The molecule has 0 bridgehead atoms. The van der Waals surface area contributed by atoms with Gasteiger partial charge in [0, 0.05) is 37.8 Å². The number of carbonyl (C=O) groups excluding carboxylic acids is 2. The van der Waals surface area contributed by atoms with Crippen LogP contribution in [0, 0.1) is 20.8 Å². The third kappa shape index (κ3) is 6.61. The molecule has 2 amide bonds. The summed E-state index contributed by atoms with van der Waals surface area (Å²) in [6.45, 7) is 14.1. The number of hydrogen-bond acceptors (Lipinski definition) is 7. The molecule has 0 atom stereocenters. The molecule has 3 rings (SSSR count). The molecule has 9 heteroatoms. The lowest BCUT2D eigenvalue weighted by atomic mass is 10.1. The smallest absolute Gasteiger partial charge is 0.243 e. The molecule has 9 nitrogen and oxygen atoms in total. The fourth-order valence-electron chi connectivity index (χ4n) is 3.86. The Hall–Kier alpha value is -2.78. The van der Waals surface area contributed by atoms with E-state index in [1.807, 2.05) is 46.8 Å². The second-order valence-corrected chi connectivity index (χ2v) is 8.85. The summed E-state index contributed by atoms with van der Waals surface area (Å²) in [4.78, 5) is 33.4. The first-order valence-electron chi connectivity index (χ1n) is 11.1. The van der Waals surface area contributed by atoms with Crippen LogP contribution in [-0.4, -0.2) is 71.0 Å². The number of aryl methyl sites for hydroxylation is 3. The Kier molecular flexibility index (Phi) is 7.98. The predicted octanol–water partition coefficient (Wildman–Crippen LogP) is 1.99. The Morgan fingerprint density at radius 1 is 1.03 bits per heavy atom. The molecule has 174 valence electrons. The van der Waals surface area contributed by atoms with Crippen LogP contribution >= 0.6 is 0 Å². The van der Waals surface area contributed by atoms with E-state index in [9.17, 15) is 9.59 Å². The van der Waals surface area contributed by atoms with E-state index in [0.29, 0.717) is 12.4 Å². The first-order valence-corrected chi connectivity index (χ1v) is 11.1. The van der Waals surface area contributed by atoms with Gasteiger partial charge in [-0.15, -0.1) is 0 Å². The molecular weight excluding hydrogens is 408 g/mol. The van der Waals surface area contributed by atoms with Crippen LogP contribution in [0.25, 0.3) is 0 Å². The lowest BCUT2D eigenvalue weighted by Gasteiger charge is -2.33. The molecule has 1 aromatic carbocycles. The zero-order valence-corrected chi connectivity index (χ0v) is 19.7. The number of benzene rings is 1. The SMILES string of the molecule is Cc1cc(C)c(NC(=O)CNC(=O)CN2CCN(Cc3nc(C(C)C)no3)CC2)c(C)c1. The summed E-state index contributed by atoms with van der Waals surface area (Å²) >= 11 is 0. The van der Waals surface area contributed by atoms with Crippen molar-refractivity contribution in [1.82, 2.24) is 25.3 Å². The number of hydrogen-bond donors (Lipinski definition) is 2. The van der Waals surface area contributed by atoms with Crippen molar-refractivity contribution in [2.45, 2.75) is 47.1 Å². The maximum Gasteiger partial charge on any atom is 0.243 e. The summed E-state index contributed by atoms with van der Waals surface area (Å²) < 4.78 is 5.32. The maximum absolute atomic E-state index is 12.3. The largest absolute Gasteiger partial charge is 0.346 e. The second kappa shape index (κ2) is 10.7. The van der Waals surface area contributed by atoms with Crippen LogP contribution in [0.4, 0.5) is 5.69 Å². The van der Waals surface area contributed by atoms with Gasteiger partial charge in [-0.3, -0.25) is 19.4 Å². The van der Waals surface area contributed by atoms with E-state index in [-0.39, 0.29) is 30.8 Å². The Bertz CT molecular complexity index is 924. The van der Waals surface area contributed by atoms with E-state index in [2.05, 4.69) is 30.6 Å². The van der Waals surface area contributed by atoms with Crippen LogP contribution in [0.5, 0.6) is 0 Å². The highest BCUT2D eigenvalue weighted by Crippen LogP contribution is 2.21. The number of carbonyl (C=O) groups is 2. The minimum absolute atomic E-state index is 0.0408. The molecular formula is C23H34N6O3. The Labute approximate surface area is 189 Å². The Morgan fingerprint density at radius 2 is 1.66 bits per heavy atom. The lowest BCUT2D eigenvalue weighted by Crippen LogP contribution is -2.49. The monoisotopic (exact) mass is 442 g/mol. The molecule has 0 spiro atoms. The third-order valence-corrected chi connectivity index (χ3v) is 5.58. The summed E-state index contributed by atoms with van der Waals surface area (Å²) in [6, 6.07) is 4.06. The van der Waals surface area contributed by atoms with Crippen molar-refractivity contribution in [3.8, 4) is 0 Å². The molecule has 1 aliphatic heterocycles. The molecule has 2 heterocycles. The lowest BCUT2D eigenvalue weighted by molar-refractivity contribution is -0.125. The normalized spacial score (nSPS) is 15.2. The standard InChI is InChI=1S/C23H34N6O3/c1-15(2)23-26-21(32-27-23)14-29-8-6-28(7-9-29)13-20(31)24-12-19(30)25-22-17(4)10-16(3)11-18(22)5/h10-11,15H,6-9,12-14H2,1-5H3,(H,24,31)(H,25,30). The number of anilines is 1. The Morgan fingerprint density at radius 3 is 2.25 bits per heavy atom. The Balaban J connectivity index is 1.37. The molecule has 32 heavy (non-hydrogen) atoms. The number of nitrogens with one attached hydrogen (secondary N) is 2. The van der Waals surface area contributed by atoms with Crippen LogP contribution in [0.3, 0.4) is 0 Å². The van der Waals surface area contributed by atoms with Crippen molar-refractivity contribution in [1.29, 1.82) is 0 Å². The van der Waals surface area contributed by atoms with Gasteiger partial charge in [0.15, 0.2) is 5.82 Å². The molecule has 1 saturated heterocycles. The maximum atomic E-state index is 12.3. The minimum Gasteiger partial charge on any atom is -0.346 e. The van der Waals surface area contributed by atoms with E-state index in [4.69, 9.17) is 4.52 Å². The molecule has 2 aromatic rings. The van der Waals surface area contributed by atoms with Gasteiger partial charge < -0.3 is 15.2 Å². The molecule has 1 fully saturated rings. The fourth-order valence-corrected chi connectivity index (χ4v) is 3.86. The first kappa shape index (κ1) is 23.9. The molecule has 2 N–H and O–H groups in total. The summed E-state index contributed by atoms with van der Waals surface area (Å²) in [5, 5.41) is 9.63.